The molecule has 1 amide bonds. The zero-order chi connectivity index (χ0) is 24.3. The third-order valence-corrected chi connectivity index (χ3v) is 6.89. The van der Waals surface area contributed by atoms with E-state index in [1.54, 1.807) is 0 Å². The molecular weight excluding hydrogens is 470 g/mol. The number of aryl methyl sites for hydroxylation is 2. The highest BCUT2D eigenvalue weighted by molar-refractivity contribution is 7.99. The Morgan fingerprint density at radius 2 is 1.50 bits per heavy atom. The molecule has 0 bridgehead atoms. The number of nitrogens with one attached hydrogen (secondary N) is 1. The van der Waals surface area contributed by atoms with Crippen LogP contribution in [0.15, 0.2) is 82.8 Å². The van der Waals surface area contributed by atoms with Gasteiger partial charge in [-0.05, 0) is 50.2 Å². The largest absolute Gasteiger partial charge is 0.325 e. The van der Waals surface area contributed by atoms with E-state index in [1.165, 1.54) is 36.0 Å². The first-order valence-corrected chi connectivity index (χ1v) is 12.9. The number of hydrogen-bond donors (Lipinski definition) is 2. The average molecular weight is 494 g/mol. The smallest absolute Gasteiger partial charge is 0.238 e. The summed E-state index contributed by atoms with van der Waals surface area (Å²) < 4.78 is 24.7. The van der Waals surface area contributed by atoms with Gasteiger partial charge in [0.1, 0.15) is 0 Å². The van der Waals surface area contributed by atoms with Crippen molar-refractivity contribution in [1.82, 2.24) is 14.8 Å². The summed E-state index contributed by atoms with van der Waals surface area (Å²) in [6.45, 7) is 4.04. The number of rotatable bonds is 7. The number of hydrogen-bond acceptors (Lipinski definition) is 6. The van der Waals surface area contributed by atoms with Crippen LogP contribution in [0.3, 0.4) is 0 Å². The molecule has 3 N–H and O–H groups in total. The van der Waals surface area contributed by atoms with Gasteiger partial charge in [0, 0.05) is 16.9 Å². The number of nitrogens with two attached hydrogens (primary N) is 1. The molecule has 0 saturated carbocycles. The van der Waals surface area contributed by atoms with Gasteiger partial charge in [-0.3, -0.25) is 9.36 Å². The normalized spacial score (nSPS) is 11.4. The van der Waals surface area contributed by atoms with Crippen LogP contribution in [0.5, 0.6) is 0 Å². The molecule has 4 aromatic rings. The Kier molecular flexibility index (Phi) is 6.82. The molecule has 8 nitrogen and oxygen atoms in total. The van der Waals surface area contributed by atoms with Crippen LogP contribution in [-0.2, 0) is 14.8 Å². The second kappa shape index (κ2) is 9.80. The molecule has 3 aromatic carbocycles. The van der Waals surface area contributed by atoms with Crippen molar-refractivity contribution in [1.29, 1.82) is 0 Å². The van der Waals surface area contributed by atoms with E-state index < -0.39 is 10.0 Å². The first-order valence-electron chi connectivity index (χ1n) is 10.4. The Labute approximate surface area is 202 Å². The van der Waals surface area contributed by atoms with Crippen molar-refractivity contribution in [2.24, 2.45) is 5.14 Å². The highest BCUT2D eigenvalue weighted by atomic mass is 32.2. The van der Waals surface area contributed by atoms with Gasteiger partial charge in [-0.1, -0.05) is 59.3 Å². The summed E-state index contributed by atoms with van der Waals surface area (Å²) in [5.74, 6) is 0.517. The minimum atomic E-state index is -3.79. The number of benzene rings is 3. The summed E-state index contributed by atoms with van der Waals surface area (Å²) >= 11 is 1.26. The highest BCUT2D eigenvalue weighted by Gasteiger charge is 2.17. The van der Waals surface area contributed by atoms with Gasteiger partial charge in [0.05, 0.1) is 10.6 Å². The van der Waals surface area contributed by atoms with Gasteiger partial charge in [0.25, 0.3) is 0 Å². The van der Waals surface area contributed by atoms with Gasteiger partial charge >= 0.3 is 0 Å². The lowest BCUT2D eigenvalue weighted by atomic mass is 10.1. The Bertz CT molecular complexity index is 1410. The number of thioether (sulfide) groups is 1. The number of amides is 1. The first-order chi connectivity index (χ1) is 16.2. The maximum absolute atomic E-state index is 12.5. The van der Waals surface area contributed by atoms with Gasteiger partial charge in [-0.25, -0.2) is 13.6 Å². The van der Waals surface area contributed by atoms with Crippen LogP contribution >= 0.6 is 11.8 Å². The molecule has 0 saturated heterocycles. The monoisotopic (exact) mass is 493 g/mol. The number of anilines is 1. The fraction of sp³-hybridized carbons (Fsp3) is 0.125. The van der Waals surface area contributed by atoms with Crippen LogP contribution in [0.2, 0.25) is 0 Å². The number of carbonyl (C=O) groups is 1. The molecule has 0 aliphatic heterocycles. The van der Waals surface area contributed by atoms with E-state index in [2.05, 4.69) is 15.5 Å². The van der Waals surface area contributed by atoms with Crippen molar-refractivity contribution in [3.63, 3.8) is 0 Å². The fourth-order valence-corrected chi connectivity index (χ4v) is 4.50. The molecule has 0 unspecified atom stereocenters. The van der Waals surface area contributed by atoms with E-state index in [4.69, 9.17) is 5.14 Å². The van der Waals surface area contributed by atoms with Crippen LogP contribution in [0.1, 0.15) is 11.1 Å². The molecule has 174 valence electrons. The molecule has 1 aromatic heterocycles. The summed E-state index contributed by atoms with van der Waals surface area (Å²) in [6.07, 6.45) is 0. The van der Waals surface area contributed by atoms with Crippen LogP contribution in [0.25, 0.3) is 17.1 Å². The molecule has 0 atom stereocenters. The van der Waals surface area contributed by atoms with Crippen molar-refractivity contribution in [3.8, 4) is 17.1 Å². The summed E-state index contributed by atoms with van der Waals surface area (Å²) in [7, 11) is -3.79. The zero-order valence-corrected chi connectivity index (χ0v) is 20.2. The van der Waals surface area contributed by atoms with E-state index in [9.17, 15) is 13.2 Å². The maximum Gasteiger partial charge on any atom is 0.238 e. The summed E-state index contributed by atoms with van der Waals surface area (Å²) in [6, 6.07) is 21.7. The topological polar surface area (TPSA) is 120 Å². The van der Waals surface area contributed by atoms with Gasteiger partial charge in [-0.2, -0.15) is 0 Å². The lowest BCUT2D eigenvalue weighted by molar-refractivity contribution is -0.113. The average Bonchev–Trinajstić information content (AvgIpc) is 3.22. The second-order valence-electron chi connectivity index (χ2n) is 7.75. The van der Waals surface area contributed by atoms with Crippen molar-refractivity contribution in [3.05, 3.63) is 83.9 Å². The number of nitrogens with zero attached hydrogens (tertiary/aromatic N) is 3. The number of sulfonamides is 1. The molecule has 0 aliphatic rings. The molecule has 10 heteroatoms. The molecule has 34 heavy (non-hydrogen) atoms. The Morgan fingerprint density at radius 1 is 0.912 bits per heavy atom. The summed E-state index contributed by atoms with van der Waals surface area (Å²) in [5, 5.41) is 17.2. The van der Waals surface area contributed by atoms with Crippen molar-refractivity contribution >= 4 is 33.4 Å². The quantitative estimate of drug-likeness (QED) is 0.377. The Balaban J connectivity index is 1.55. The zero-order valence-electron chi connectivity index (χ0n) is 18.6. The van der Waals surface area contributed by atoms with Crippen LogP contribution < -0.4 is 10.5 Å². The van der Waals surface area contributed by atoms with E-state index in [0.717, 1.165) is 22.4 Å². The molecule has 1 heterocycles. The SMILES string of the molecule is Cc1ccc(-c2nnc(SCC(=O)Nc3ccc(S(N)(=O)=O)cc3)n2-c2ccc(C)cc2)cc1. The van der Waals surface area contributed by atoms with Gasteiger partial charge in [-0.15, -0.1) is 10.2 Å². The molecule has 0 radical (unpaired) electrons. The molecule has 0 aliphatic carbocycles. The molecule has 0 fully saturated rings. The van der Waals surface area contributed by atoms with E-state index in [1.807, 2.05) is 66.9 Å². The Hall–Kier alpha value is -3.47. The third kappa shape index (κ3) is 5.53. The Morgan fingerprint density at radius 3 is 2.09 bits per heavy atom. The lowest BCUT2D eigenvalue weighted by Gasteiger charge is -2.11. The predicted molar refractivity (Wildman–Crippen MR) is 133 cm³/mol. The predicted octanol–water partition coefficient (Wildman–Crippen LogP) is 3.93. The van der Waals surface area contributed by atoms with Gasteiger partial charge in [0.2, 0.25) is 15.9 Å². The third-order valence-electron chi connectivity index (χ3n) is 5.03. The van der Waals surface area contributed by atoms with Crippen LogP contribution in [0.4, 0.5) is 5.69 Å². The molecule has 4 rings (SSSR count). The summed E-state index contributed by atoms with van der Waals surface area (Å²) in [4.78, 5) is 12.5. The van der Waals surface area contributed by atoms with E-state index in [-0.39, 0.29) is 16.6 Å². The number of carbonyl (C=O) groups excluding carboxylic acids is 1. The van der Waals surface area contributed by atoms with E-state index >= 15 is 0 Å². The minimum Gasteiger partial charge on any atom is -0.325 e. The van der Waals surface area contributed by atoms with E-state index in [0.29, 0.717) is 16.7 Å². The fourth-order valence-electron chi connectivity index (χ4n) is 3.23. The minimum absolute atomic E-state index is 0.0188. The number of primary sulfonamides is 1. The van der Waals surface area contributed by atoms with Crippen LogP contribution in [-0.4, -0.2) is 34.8 Å². The maximum atomic E-state index is 12.5. The van der Waals surface area contributed by atoms with Crippen molar-refractivity contribution in [2.75, 3.05) is 11.1 Å². The van der Waals surface area contributed by atoms with Gasteiger partial charge in [0.15, 0.2) is 11.0 Å². The highest BCUT2D eigenvalue weighted by Crippen LogP contribution is 2.28. The number of aromatic nitrogens is 3. The van der Waals surface area contributed by atoms with Gasteiger partial charge < -0.3 is 5.32 Å². The van der Waals surface area contributed by atoms with Crippen molar-refractivity contribution < 1.29 is 13.2 Å². The molecule has 0 spiro atoms. The van der Waals surface area contributed by atoms with Crippen molar-refractivity contribution in [2.45, 2.75) is 23.9 Å². The standard InChI is InChI=1S/C24H23N5O3S2/c1-16-3-7-18(8-4-16)23-27-28-24(29(23)20-11-5-17(2)6-12-20)33-15-22(30)26-19-9-13-21(14-10-19)34(25,31)32/h3-14H,15H2,1-2H3,(H,26,30)(H2,25,31,32). The first kappa shape index (κ1) is 23.7. The summed E-state index contributed by atoms with van der Waals surface area (Å²) in [5.41, 5.74) is 4.57. The lowest BCUT2D eigenvalue weighted by Crippen LogP contribution is -2.15. The second-order valence-corrected chi connectivity index (χ2v) is 10.3. The molecular formula is C24H23N5O3S2. The van der Waals surface area contributed by atoms with Crippen LogP contribution in [0, 0.1) is 13.8 Å².